The number of amides is 1. The summed E-state index contributed by atoms with van der Waals surface area (Å²) in [5.41, 5.74) is -0.865. The minimum Gasteiger partial charge on any atom is -0.477 e. The van der Waals surface area contributed by atoms with E-state index in [9.17, 15) is 18.8 Å². The number of carboxylic acids is 1. The Morgan fingerprint density at radius 2 is 1.90 bits per heavy atom. The van der Waals surface area contributed by atoms with Gasteiger partial charge in [-0.3, -0.25) is 4.79 Å². The third-order valence-corrected chi connectivity index (χ3v) is 4.25. The van der Waals surface area contributed by atoms with Gasteiger partial charge in [-0.25, -0.2) is 19.0 Å². The molecule has 0 aliphatic carbocycles. The largest absolute Gasteiger partial charge is 0.477 e. The Labute approximate surface area is 178 Å². The number of aryl methyl sites for hydroxylation is 1. The Bertz CT molecular complexity index is 955. The van der Waals surface area contributed by atoms with E-state index in [1.165, 1.54) is 18.2 Å². The van der Waals surface area contributed by atoms with Crippen LogP contribution in [0.5, 0.6) is 0 Å². The fourth-order valence-electron chi connectivity index (χ4n) is 2.58. The summed E-state index contributed by atoms with van der Waals surface area (Å²) in [5.74, 6) is -2.69. The SMILES string of the molecule is CC(C)(C)OC(=O)NCCCc1ccc(Cl)c(C(=O)c2ccc(C(=O)O)nc2)c1F. The van der Waals surface area contributed by atoms with Crippen molar-refractivity contribution in [1.82, 2.24) is 10.3 Å². The van der Waals surface area contributed by atoms with Crippen LogP contribution >= 0.6 is 11.6 Å². The average Bonchev–Trinajstić information content (AvgIpc) is 2.65. The summed E-state index contributed by atoms with van der Waals surface area (Å²) < 4.78 is 20.1. The molecule has 1 heterocycles. The molecule has 7 nitrogen and oxygen atoms in total. The number of hydrogen-bond acceptors (Lipinski definition) is 5. The minimum atomic E-state index is -1.24. The van der Waals surface area contributed by atoms with Crippen molar-refractivity contribution in [2.45, 2.75) is 39.2 Å². The highest BCUT2D eigenvalue weighted by molar-refractivity contribution is 6.35. The average molecular weight is 437 g/mol. The quantitative estimate of drug-likeness (QED) is 0.496. The first-order valence-corrected chi connectivity index (χ1v) is 9.55. The lowest BCUT2D eigenvalue weighted by Crippen LogP contribution is -2.33. The van der Waals surface area contributed by atoms with Crippen molar-refractivity contribution in [3.63, 3.8) is 0 Å². The number of rotatable bonds is 7. The van der Waals surface area contributed by atoms with Gasteiger partial charge in [-0.2, -0.15) is 0 Å². The maximum Gasteiger partial charge on any atom is 0.407 e. The van der Waals surface area contributed by atoms with Gasteiger partial charge in [0, 0.05) is 18.3 Å². The summed E-state index contributed by atoms with van der Waals surface area (Å²) in [6.07, 6.45) is 1.18. The minimum absolute atomic E-state index is 0.0181. The van der Waals surface area contributed by atoms with Crippen LogP contribution in [0.2, 0.25) is 5.02 Å². The summed E-state index contributed by atoms with van der Waals surface area (Å²) in [6.45, 7) is 5.51. The van der Waals surface area contributed by atoms with Crippen molar-refractivity contribution in [2.75, 3.05) is 6.54 Å². The standard InChI is InChI=1S/C21H22ClFN2O5/c1-21(2,3)30-20(29)24-10-4-5-12-6-8-14(22)16(17(12)23)18(26)13-7-9-15(19(27)28)25-11-13/h6-9,11H,4-5,10H2,1-3H3,(H,24,29)(H,27,28). The number of nitrogens with one attached hydrogen (secondary N) is 1. The Kier molecular flexibility index (Phi) is 7.50. The first kappa shape index (κ1) is 23.3. The van der Waals surface area contributed by atoms with E-state index in [-0.39, 0.29) is 40.4 Å². The van der Waals surface area contributed by atoms with E-state index in [1.54, 1.807) is 20.8 Å². The molecule has 2 rings (SSSR count). The molecule has 30 heavy (non-hydrogen) atoms. The molecule has 0 fully saturated rings. The smallest absolute Gasteiger partial charge is 0.407 e. The molecule has 0 aliphatic rings. The normalized spacial score (nSPS) is 11.1. The molecule has 0 radical (unpaired) electrons. The molecule has 160 valence electrons. The van der Waals surface area contributed by atoms with Crippen molar-refractivity contribution < 1.29 is 28.6 Å². The van der Waals surface area contributed by atoms with Gasteiger partial charge in [0.15, 0.2) is 5.78 Å². The summed E-state index contributed by atoms with van der Waals surface area (Å²) in [5, 5.41) is 11.4. The van der Waals surface area contributed by atoms with Gasteiger partial charge < -0.3 is 15.2 Å². The lowest BCUT2D eigenvalue weighted by Gasteiger charge is -2.19. The zero-order chi connectivity index (χ0) is 22.5. The van der Waals surface area contributed by atoms with E-state index >= 15 is 0 Å². The predicted molar refractivity (Wildman–Crippen MR) is 109 cm³/mol. The zero-order valence-electron chi connectivity index (χ0n) is 16.8. The van der Waals surface area contributed by atoms with Crippen molar-refractivity contribution in [3.8, 4) is 0 Å². The van der Waals surface area contributed by atoms with Gasteiger partial charge >= 0.3 is 12.1 Å². The highest BCUT2D eigenvalue weighted by Crippen LogP contribution is 2.26. The van der Waals surface area contributed by atoms with Crippen LogP contribution in [0.25, 0.3) is 0 Å². The van der Waals surface area contributed by atoms with E-state index in [2.05, 4.69) is 10.3 Å². The number of hydrogen-bond donors (Lipinski definition) is 2. The maximum atomic E-state index is 15.0. The molecule has 0 bridgehead atoms. The lowest BCUT2D eigenvalue weighted by molar-refractivity contribution is 0.0526. The van der Waals surface area contributed by atoms with Crippen molar-refractivity contribution in [2.24, 2.45) is 0 Å². The van der Waals surface area contributed by atoms with Gasteiger partial charge in [-0.1, -0.05) is 17.7 Å². The highest BCUT2D eigenvalue weighted by atomic mass is 35.5. The summed E-state index contributed by atoms with van der Waals surface area (Å²) in [4.78, 5) is 38.9. The molecule has 0 aliphatic heterocycles. The van der Waals surface area contributed by atoms with Crippen LogP contribution in [0.4, 0.5) is 9.18 Å². The van der Waals surface area contributed by atoms with Crippen molar-refractivity contribution >= 4 is 29.4 Å². The second-order valence-corrected chi connectivity index (χ2v) is 7.90. The molecule has 2 N–H and O–H groups in total. The fraction of sp³-hybridized carbons (Fsp3) is 0.333. The Hall–Kier alpha value is -3.00. The molecule has 2 aromatic rings. The summed E-state index contributed by atoms with van der Waals surface area (Å²) >= 11 is 6.04. The summed E-state index contributed by atoms with van der Waals surface area (Å²) in [7, 11) is 0. The van der Waals surface area contributed by atoms with Gasteiger partial charge in [0.25, 0.3) is 0 Å². The molecular formula is C21H22ClFN2O5. The topological polar surface area (TPSA) is 106 Å². The third-order valence-electron chi connectivity index (χ3n) is 3.93. The number of aromatic nitrogens is 1. The monoisotopic (exact) mass is 436 g/mol. The zero-order valence-corrected chi connectivity index (χ0v) is 17.5. The van der Waals surface area contributed by atoms with E-state index in [4.69, 9.17) is 21.4 Å². The highest BCUT2D eigenvalue weighted by Gasteiger charge is 2.21. The second-order valence-electron chi connectivity index (χ2n) is 7.49. The van der Waals surface area contributed by atoms with E-state index in [1.807, 2.05) is 0 Å². The number of pyridine rings is 1. The Balaban J connectivity index is 2.08. The van der Waals surface area contributed by atoms with Crippen LogP contribution in [0.3, 0.4) is 0 Å². The van der Waals surface area contributed by atoms with E-state index < -0.39 is 29.3 Å². The third kappa shape index (κ3) is 6.25. The molecule has 0 saturated carbocycles. The number of carboxylic acid groups (broad SMARTS) is 1. The Morgan fingerprint density at radius 3 is 2.47 bits per heavy atom. The molecule has 0 saturated heterocycles. The van der Waals surface area contributed by atoms with Crippen LogP contribution in [-0.4, -0.2) is 40.1 Å². The number of carbonyl (C=O) groups excluding carboxylic acids is 2. The molecule has 1 aromatic heterocycles. The van der Waals surface area contributed by atoms with Gasteiger partial charge in [-0.15, -0.1) is 0 Å². The number of carbonyl (C=O) groups is 3. The van der Waals surface area contributed by atoms with Gasteiger partial charge in [0.2, 0.25) is 0 Å². The predicted octanol–water partition coefficient (Wildman–Crippen LogP) is 4.26. The second kappa shape index (κ2) is 9.67. The van der Waals surface area contributed by atoms with Gasteiger partial charge in [0.05, 0.1) is 10.6 Å². The van der Waals surface area contributed by atoms with Crippen LogP contribution in [0, 0.1) is 5.82 Å². The van der Waals surface area contributed by atoms with Crippen LogP contribution in [0.1, 0.15) is 59.2 Å². The maximum absolute atomic E-state index is 15.0. The van der Waals surface area contributed by atoms with Crippen molar-refractivity contribution in [1.29, 1.82) is 0 Å². The van der Waals surface area contributed by atoms with E-state index in [0.29, 0.717) is 6.42 Å². The van der Waals surface area contributed by atoms with Gasteiger partial charge in [0.1, 0.15) is 17.1 Å². The number of aromatic carboxylic acids is 1. The number of alkyl carbamates (subject to hydrolysis) is 1. The number of ether oxygens (including phenoxy) is 1. The summed E-state index contributed by atoms with van der Waals surface area (Å²) in [6, 6.07) is 5.32. The molecular weight excluding hydrogens is 415 g/mol. The van der Waals surface area contributed by atoms with Crippen LogP contribution in [0.15, 0.2) is 30.5 Å². The number of nitrogens with zero attached hydrogens (tertiary/aromatic N) is 1. The fourth-order valence-corrected chi connectivity index (χ4v) is 2.81. The Morgan fingerprint density at radius 1 is 1.20 bits per heavy atom. The first-order chi connectivity index (χ1) is 14.0. The molecule has 0 unspecified atom stereocenters. The van der Waals surface area contributed by atoms with Gasteiger partial charge in [-0.05, 0) is 57.4 Å². The van der Waals surface area contributed by atoms with E-state index in [0.717, 1.165) is 12.3 Å². The number of ketones is 1. The molecule has 9 heteroatoms. The lowest BCUT2D eigenvalue weighted by atomic mass is 9.99. The molecule has 1 aromatic carbocycles. The number of benzene rings is 1. The molecule has 0 spiro atoms. The first-order valence-electron chi connectivity index (χ1n) is 9.17. The van der Waals surface area contributed by atoms with Crippen LogP contribution in [-0.2, 0) is 11.2 Å². The van der Waals surface area contributed by atoms with Crippen molar-refractivity contribution in [3.05, 3.63) is 63.7 Å². The van der Waals surface area contributed by atoms with Crippen LogP contribution < -0.4 is 5.32 Å². The number of halogens is 2. The molecule has 1 amide bonds. The molecule has 0 atom stereocenters.